The predicted octanol–water partition coefficient (Wildman–Crippen LogP) is 4.51. The van der Waals surface area contributed by atoms with Gasteiger partial charge < -0.3 is 4.74 Å². The van der Waals surface area contributed by atoms with Crippen molar-refractivity contribution in [3.63, 3.8) is 0 Å². The van der Waals surface area contributed by atoms with E-state index in [2.05, 4.69) is 0 Å². The van der Waals surface area contributed by atoms with Crippen molar-refractivity contribution < 1.29 is 17.9 Å². The summed E-state index contributed by atoms with van der Waals surface area (Å²) >= 11 is 5.48. The standard InChI is InChI=1S/C14H7ClF3NO/c15-6-8-3-12(17)14(13(18)4-8)20-10-2-1-9(7-19)11(16)5-10/h1-5H,6H2. The molecule has 20 heavy (non-hydrogen) atoms. The number of ether oxygens (including phenoxy) is 1. The molecule has 0 atom stereocenters. The van der Waals surface area contributed by atoms with E-state index < -0.39 is 23.2 Å². The first kappa shape index (κ1) is 14.2. The number of hydrogen-bond donors (Lipinski definition) is 0. The van der Waals surface area contributed by atoms with E-state index in [4.69, 9.17) is 21.6 Å². The molecule has 0 aliphatic heterocycles. The van der Waals surface area contributed by atoms with E-state index in [1.807, 2.05) is 0 Å². The van der Waals surface area contributed by atoms with E-state index >= 15 is 0 Å². The number of hydrogen-bond acceptors (Lipinski definition) is 2. The van der Waals surface area contributed by atoms with Crippen LogP contribution in [0.1, 0.15) is 11.1 Å². The van der Waals surface area contributed by atoms with Crippen LogP contribution in [0.15, 0.2) is 30.3 Å². The Kier molecular flexibility index (Phi) is 4.16. The van der Waals surface area contributed by atoms with E-state index in [0.717, 1.165) is 24.3 Å². The van der Waals surface area contributed by atoms with Crippen LogP contribution < -0.4 is 4.74 Å². The van der Waals surface area contributed by atoms with Gasteiger partial charge in [-0.3, -0.25) is 0 Å². The van der Waals surface area contributed by atoms with Crippen molar-refractivity contribution in [3.05, 3.63) is 58.9 Å². The molecule has 0 fully saturated rings. The lowest BCUT2D eigenvalue weighted by Gasteiger charge is -2.09. The van der Waals surface area contributed by atoms with E-state index in [-0.39, 0.29) is 22.8 Å². The Morgan fingerprint density at radius 2 is 1.70 bits per heavy atom. The average Bonchev–Trinajstić information content (AvgIpc) is 2.42. The molecule has 2 aromatic carbocycles. The van der Waals surface area contributed by atoms with Gasteiger partial charge in [-0.2, -0.15) is 5.26 Å². The molecule has 0 aliphatic rings. The molecule has 102 valence electrons. The maximum Gasteiger partial charge on any atom is 0.198 e. The fourth-order valence-electron chi connectivity index (χ4n) is 1.55. The molecule has 0 radical (unpaired) electrons. The first-order valence-corrected chi connectivity index (χ1v) is 6.00. The molecule has 2 nitrogen and oxygen atoms in total. The van der Waals surface area contributed by atoms with Gasteiger partial charge in [0.2, 0.25) is 0 Å². The van der Waals surface area contributed by atoms with Crippen molar-refractivity contribution in [1.29, 1.82) is 5.26 Å². The normalized spacial score (nSPS) is 10.2. The fourth-order valence-corrected chi connectivity index (χ4v) is 1.71. The SMILES string of the molecule is N#Cc1ccc(Oc2c(F)cc(CCl)cc2F)cc1F. The summed E-state index contributed by atoms with van der Waals surface area (Å²) in [6, 6.07) is 6.99. The zero-order valence-corrected chi connectivity index (χ0v) is 10.7. The second-order valence-electron chi connectivity index (χ2n) is 3.88. The van der Waals surface area contributed by atoms with Crippen molar-refractivity contribution in [2.45, 2.75) is 5.88 Å². The monoisotopic (exact) mass is 297 g/mol. The molecular weight excluding hydrogens is 291 g/mol. The van der Waals surface area contributed by atoms with Crippen LogP contribution >= 0.6 is 11.6 Å². The van der Waals surface area contributed by atoms with Crippen LogP contribution in [0.25, 0.3) is 0 Å². The van der Waals surface area contributed by atoms with Gasteiger partial charge in [-0.25, -0.2) is 13.2 Å². The van der Waals surface area contributed by atoms with Gasteiger partial charge in [-0.1, -0.05) is 0 Å². The Bertz CT molecular complexity index is 674. The molecule has 0 aromatic heterocycles. The fraction of sp³-hybridized carbons (Fsp3) is 0.0714. The summed E-state index contributed by atoms with van der Waals surface area (Å²) in [6.45, 7) is 0. The number of halogens is 4. The second kappa shape index (κ2) is 5.85. The van der Waals surface area contributed by atoms with Gasteiger partial charge in [0.15, 0.2) is 17.4 Å². The smallest absolute Gasteiger partial charge is 0.198 e. The summed E-state index contributed by atoms with van der Waals surface area (Å²) < 4.78 is 45.7. The third kappa shape index (κ3) is 2.86. The zero-order valence-electron chi connectivity index (χ0n) is 9.96. The van der Waals surface area contributed by atoms with Crippen molar-refractivity contribution in [2.75, 3.05) is 0 Å². The van der Waals surface area contributed by atoms with E-state index in [9.17, 15) is 13.2 Å². The van der Waals surface area contributed by atoms with Crippen LogP contribution in [0, 0.1) is 28.8 Å². The molecular formula is C14H7ClF3NO. The zero-order chi connectivity index (χ0) is 14.7. The molecule has 0 bridgehead atoms. The molecule has 0 aliphatic carbocycles. The Labute approximate surface area is 118 Å². The van der Waals surface area contributed by atoms with Crippen molar-refractivity contribution in [1.82, 2.24) is 0 Å². The summed E-state index contributed by atoms with van der Waals surface area (Å²) in [6.07, 6.45) is 0. The van der Waals surface area contributed by atoms with Gasteiger partial charge in [0.1, 0.15) is 17.6 Å². The predicted molar refractivity (Wildman–Crippen MR) is 67.1 cm³/mol. The summed E-state index contributed by atoms with van der Waals surface area (Å²) in [5.41, 5.74) is 0.0795. The van der Waals surface area contributed by atoms with Crippen LogP contribution in [-0.4, -0.2) is 0 Å². The van der Waals surface area contributed by atoms with Gasteiger partial charge in [-0.15, -0.1) is 11.6 Å². The van der Waals surface area contributed by atoms with Crippen molar-refractivity contribution in [3.8, 4) is 17.6 Å². The quantitative estimate of drug-likeness (QED) is 0.781. The van der Waals surface area contributed by atoms with Crippen LogP contribution in [0.3, 0.4) is 0 Å². The summed E-state index contributed by atoms with van der Waals surface area (Å²) in [4.78, 5) is 0. The van der Waals surface area contributed by atoms with E-state index in [0.29, 0.717) is 0 Å². The molecule has 0 N–H and O–H groups in total. The van der Waals surface area contributed by atoms with Crippen LogP contribution in [0.2, 0.25) is 0 Å². The summed E-state index contributed by atoms with van der Waals surface area (Å²) in [7, 11) is 0. The minimum Gasteiger partial charge on any atom is -0.451 e. The van der Waals surface area contributed by atoms with Gasteiger partial charge in [0, 0.05) is 11.9 Å². The second-order valence-corrected chi connectivity index (χ2v) is 4.14. The van der Waals surface area contributed by atoms with Gasteiger partial charge in [0.25, 0.3) is 0 Å². The first-order valence-electron chi connectivity index (χ1n) is 5.46. The molecule has 2 aromatic rings. The minimum atomic E-state index is -0.939. The highest BCUT2D eigenvalue weighted by Gasteiger charge is 2.14. The number of nitrogens with zero attached hydrogens (tertiary/aromatic N) is 1. The number of nitriles is 1. The molecule has 0 unspecified atom stereocenters. The molecule has 6 heteroatoms. The highest BCUT2D eigenvalue weighted by molar-refractivity contribution is 6.17. The maximum absolute atomic E-state index is 13.7. The third-order valence-electron chi connectivity index (χ3n) is 2.49. The van der Waals surface area contributed by atoms with E-state index in [1.54, 1.807) is 6.07 Å². The lowest BCUT2D eigenvalue weighted by molar-refractivity contribution is 0.404. The Balaban J connectivity index is 2.35. The summed E-state index contributed by atoms with van der Waals surface area (Å²) in [5, 5.41) is 8.58. The Morgan fingerprint density at radius 3 is 2.20 bits per heavy atom. The topological polar surface area (TPSA) is 33.0 Å². The average molecular weight is 298 g/mol. The molecule has 0 spiro atoms. The lowest BCUT2D eigenvalue weighted by Crippen LogP contribution is -1.96. The van der Waals surface area contributed by atoms with Crippen LogP contribution in [-0.2, 0) is 5.88 Å². The minimum absolute atomic E-state index is 0.0420. The Morgan fingerprint density at radius 1 is 1.05 bits per heavy atom. The van der Waals surface area contributed by atoms with Gasteiger partial charge in [0.05, 0.1) is 5.56 Å². The third-order valence-corrected chi connectivity index (χ3v) is 2.80. The number of rotatable bonds is 3. The van der Waals surface area contributed by atoms with Crippen LogP contribution in [0.5, 0.6) is 11.5 Å². The largest absolute Gasteiger partial charge is 0.451 e. The molecule has 0 saturated carbocycles. The molecule has 0 amide bonds. The summed E-state index contributed by atoms with van der Waals surface area (Å²) in [5.74, 6) is -3.51. The highest BCUT2D eigenvalue weighted by atomic mass is 35.5. The lowest BCUT2D eigenvalue weighted by atomic mass is 10.2. The Hall–Kier alpha value is -2.19. The number of benzene rings is 2. The van der Waals surface area contributed by atoms with E-state index in [1.165, 1.54) is 6.07 Å². The van der Waals surface area contributed by atoms with Crippen LogP contribution in [0.4, 0.5) is 13.2 Å². The maximum atomic E-state index is 13.7. The molecule has 0 heterocycles. The van der Waals surface area contributed by atoms with Crippen molar-refractivity contribution in [2.24, 2.45) is 0 Å². The highest BCUT2D eigenvalue weighted by Crippen LogP contribution is 2.29. The molecule has 2 rings (SSSR count). The molecule has 0 saturated heterocycles. The first-order chi connectivity index (χ1) is 9.55. The number of alkyl halides is 1. The van der Waals surface area contributed by atoms with Gasteiger partial charge in [-0.05, 0) is 29.8 Å². The van der Waals surface area contributed by atoms with Gasteiger partial charge >= 0.3 is 0 Å². The van der Waals surface area contributed by atoms with Crippen molar-refractivity contribution >= 4 is 11.6 Å².